The number of rotatable bonds is 1. The van der Waals surface area contributed by atoms with Gasteiger partial charge in [-0.1, -0.05) is 11.6 Å². The monoisotopic (exact) mass is 193 g/mol. The number of fused-ring (bicyclic) bond motifs is 1. The van der Waals surface area contributed by atoms with Gasteiger partial charge in [0.2, 0.25) is 0 Å². The fourth-order valence-corrected chi connectivity index (χ4v) is 1.40. The van der Waals surface area contributed by atoms with Crippen LogP contribution in [-0.4, -0.2) is 17.0 Å². The number of aromatic nitrogens is 2. The molecule has 0 radical (unpaired) electrons. The first-order valence-corrected chi connectivity index (χ1v) is 4.27. The lowest BCUT2D eigenvalue weighted by atomic mass is 10.2. The summed E-state index contributed by atoms with van der Waals surface area (Å²) in [7, 11) is 1.82. The molecule has 0 aliphatic carbocycles. The molecule has 1 heterocycles. The molecule has 0 unspecified atom stereocenters. The van der Waals surface area contributed by atoms with Gasteiger partial charge in [-0.05, 0) is 18.2 Å². The second kappa shape index (κ2) is 3.18. The summed E-state index contributed by atoms with van der Waals surface area (Å²) in [5.41, 5.74) is 0.892. The fourth-order valence-electron chi connectivity index (χ4n) is 1.23. The maximum Gasteiger partial charge on any atom is 0.137 e. The lowest BCUT2D eigenvalue weighted by Crippen LogP contribution is -1.94. The summed E-state index contributed by atoms with van der Waals surface area (Å²) in [6.07, 6.45) is 1.53. The fraction of sp³-hybridized carbons (Fsp3) is 0.111. The van der Waals surface area contributed by atoms with E-state index in [1.165, 1.54) is 6.33 Å². The zero-order valence-corrected chi connectivity index (χ0v) is 7.84. The van der Waals surface area contributed by atoms with Crippen LogP contribution in [0.1, 0.15) is 0 Å². The topological polar surface area (TPSA) is 37.8 Å². The van der Waals surface area contributed by atoms with Gasteiger partial charge in [0.1, 0.15) is 12.1 Å². The predicted octanol–water partition coefficient (Wildman–Crippen LogP) is 2.32. The lowest BCUT2D eigenvalue weighted by Gasteiger charge is -2.03. The lowest BCUT2D eigenvalue weighted by molar-refractivity contribution is 1.21. The molecule has 1 aromatic carbocycles. The van der Waals surface area contributed by atoms with Crippen molar-refractivity contribution in [2.45, 2.75) is 0 Å². The van der Waals surface area contributed by atoms with Crippen LogP contribution >= 0.6 is 11.6 Å². The first-order valence-electron chi connectivity index (χ1n) is 3.89. The van der Waals surface area contributed by atoms with E-state index >= 15 is 0 Å². The van der Waals surface area contributed by atoms with Gasteiger partial charge in [0.25, 0.3) is 0 Å². The van der Waals surface area contributed by atoms with Crippen LogP contribution in [0.5, 0.6) is 0 Å². The van der Waals surface area contributed by atoms with Gasteiger partial charge < -0.3 is 5.32 Å². The molecule has 1 aromatic heterocycles. The maximum absolute atomic E-state index is 5.86. The molecule has 13 heavy (non-hydrogen) atoms. The molecule has 4 heteroatoms. The van der Waals surface area contributed by atoms with E-state index in [0.29, 0.717) is 5.02 Å². The van der Waals surface area contributed by atoms with Crippen molar-refractivity contribution >= 4 is 28.3 Å². The molecule has 66 valence electrons. The number of hydrogen-bond donors (Lipinski definition) is 1. The van der Waals surface area contributed by atoms with Crippen LogP contribution in [-0.2, 0) is 0 Å². The molecular weight excluding hydrogens is 186 g/mol. The van der Waals surface area contributed by atoms with Gasteiger partial charge >= 0.3 is 0 Å². The van der Waals surface area contributed by atoms with Crippen molar-refractivity contribution in [2.75, 3.05) is 12.4 Å². The summed E-state index contributed by atoms with van der Waals surface area (Å²) < 4.78 is 0. The van der Waals surface area contributed by atoms with E-state index in [0.717, 1.165) is 16.7 Å². The highest BCUT2D eigenvalue weighted by Crippen LogP contribution is 2.22. The molecule has 3 nitrogen and oxygen atoms in total. The molecule has 2 aromatic rings. The largest absolute Gasteiger partial charge is 0.373 e. The zero-order chi connectivity index (χ0) is 9.26. The van der Waals surface area contributed by atoms with E-state index in [1.54, 1.807) is 0 Å². The van der Waals surface area contributed by atoms with Crippen molar-refractivity contribution in [1.29, 1.82) is 0 Å². The molecule has 0 atom stereocenters. The molecule has 0 fully saturated rings. The Labute approximate surface area is 80.8 Å². The Morgan fingerprint density at radius 1 is 1.31 bits per heavy atom. The summed E-state index contributed by atoms with van der Waals surface area (Å²) in [5, 5.41) is 4.62. The first kappa shape index (κ1) is 8.26. The summed E-state index contributed by atoms with van der Waals surface area (Å²) >= 11 is 5.86. The molecule has 2 rings (SSSR count). The molecular formula is C9H8ClN3. The average molecular weight is 194 g/mol. The third-order valence-corrected chi connectivity index (χ3v) is 2.07. The Balaban J connectivity index is 2.79. The summed E-state index contributed by atoms with van der Waals surface area (Å²) in [6.45, 7) is 0. The smallest absolute Gasteiger partial charge is 0.137 e. The van der Waals surface area contributed by atoms with Gasteiger partial charge in [-0.25, -0.2) is 9.97 Å². The molecule has 0 saturated carbocycles. The first-order chi connectivity index (χ1) is 6.31. The van der Waals surface area contributed by atoms with Crippen LogP contribution in [0.15, 0.2) is 24.5 Å². The van der Waals surface area contributed by atoms with Gasteiger partial charge in [-0.15, -0.1) is 0 Å². The predicted molar refractivity (Wildman–Crippen MR) is 54.1 cm³/mol. The summed E-state index contributed by atoms with van der Waals surface area (Å²) in [4.78, 5) is 8.21. The van der Waals surface area contributed by atoms with E-state index in [4.69, 9.17) is 11.6 Å². The van der Waals surface area contributed by atoms with Crippen LogP contribution in [0.4, 0.5) is 5.82 Å². The molecule has 0 aliphatic rings. The van der Waals surface area contributed by atoms with Crippen molar-refractivity contribution in [3.8, 4) is 0 Å². The van der Waals surface area contributed by atoms with Crippen molar-refractivity contribution < 1.29 is 0 Å². The van der Waals surface area contributed by atoms with Crippen LogP contribution in [0.3, 0.4) is 0 Å². The van der Waals surface area contributed by atoms with Crippen molar-refractivity contribution in [2.24, 2.45) is 0 Å². The highest BCUT2D eigenvalue weighted by Gasteiger charge is 2.01. The zero-order valence-electron chi connectivity index (χ0n) is 7.08. The Morgan fingerprint density at radius 2 is 2.15 bits per heavy atom. The van der Waals surface area contributed by atoms with Gasteiger partial charge in [0.05, 0.1) is 5.52 Å². The Kier molecular flexibility index (Phi) is 2.02. The van der Waals surface area contributed by atoms with Gasteiger partial charge in [0.15, 0.2) is 0 Å². The van der Waals surface area contributed by atoms with Crippen molar-refractivity contribution in [3.05, 3.63) is 29.5 Å². The minimum absolute atomic E-state index is 0.693. The number of benzene rings is 1. The molecule has 0 aliphatic heterocycles. The van der Waals surface area contributed by atoms with Crippen LogP contribution < -0.4 is 5.32 Å². The molecule has 1 N–H and O–H groups in total. The van der Waals surface area contributed by atoms with Crippen LogP contribution in [0, 0.1) is 0 Å². The van der Waals surface area contributed by atoms with Gasteiger partial charge in [-0.3, -0.25) is 0 Å². The minimum Gasteiger partial charge on any atom is -0.373 e. The van der Waals surface area contributed by atoms with Crippen molar-refractivity contribution in [3.63, 3.8) is 0 Å². The third kappa shape index (κ3) is 1.42. The Morgan fingerprint density at radius 3 is 2.92 bits per heavy atom. The maximum atomic E-state index is 5.86. The molecule has 0 saturated heterocycles. The normalized spacial score (nSPS) is 10.3. The highest BCUT2D eigenvalue weighted by atomic mass is 35.5. The van der Waals surface area contributed by atoms with E-state index in [9.17, 15) is 0 Å². The molecule has 0 spiro atoms. The van der Waals surface area contributed by atoms with E-state index in [2.05, 4.69) is 15.3 Å². The summed E-state index contributed by atoms with van der Waals surface area (Å²) in [6, 6.07) is 5.54. The van der Waals surface area contributed by atoms with Crippen LogP contribution in [0.25, 0.3) is 10.9 Å². The molecule has 0 bridgehead atoms. The quantitative estimate of drug-likeness (QED) is 0.756. The van der Waals surface area contributed by atoms with Crippen molar-refractivity contribution in [1.82, 2.24) is 9.97 Å². The summed E-state index contributed by atoms with van der Waals surface area (Å²) in [5.74, 6) is 0.799. The number of nitrogens with one attached hydrogen (secondary N) is 1. The van der Waals surface area contributed by atoms with E-state index in [-0.39, 0.29) is 0 Å². The van der Waals surface area contributed by atoms with E-state index < -0.39 is 0 Å². The second-order valence-electron chi connectivity index (χ2n) is 2.63. The average Bonchev–Trinajstić information content (AvgIpc) is 2.17. The number of nitrogens with zero attached hydrogens (tertiary/aromatic N) is 2. The SMILES string of the molecule is CNc1ncnc2ccc(Cl)cc12. The van der Waals surface area contributed by atoms with Gasteiger partial charge in [0, 0.05) is 17.5 Å². The van der Waals surface area contributed by atoms with Crippen LogP contribution in [0.2, 0.25) is 5.02 Å². The highest BCUT2D eigenvalue weighted by molar-refractivity contribution is 6.31. The standard InChI is InChI=1S/C9H8ClN3/c1-11-9-7-4-6(10)2-3-8(7)12-5-13-9/h2-5H,1H3,(H,11,12,13). The second-order valence-corrected chi connectivity index (χ2v) is 3.07. The van der Waals surface area contributed by atoms with E-state index in [1.807, 2.05) is 25.2 Å². The Bertz CT molecular complexity index is 442. The minimum atomic E-state index is 0.693. The number of halogens is 1. The third-order valence-electron chi connectivity index (χ3n) is 1.83. The number of hydrogen-bond acceptors (Lipinski definition) is 3. The Hall–Kier alpha value is -1.35. The van der Waals surface area contributed by atoms with Gasteiger partial charge in [-0.2, -0.15) is 0 Å². The number of anilines is 1. The molecule has 0 amide bonds.